The van der Waals surface area contributed by atoms with Crippen molar-refractivity contribution in [1.82, 2.24) is 0 Å². The second-order valence-electron chi connectivity index (χ2n) is 6.01. The molecule has 0 bridgehead atoms. The van der Waals surface area contributed by atoms with Crippen molar-refractivity contribution in [2.24, 2.45) is 0 Å². The van der Waals surface area contributed by atoms with Gasteiger partial charge in [0.2, 0.25) is 0 Å². The zero-order valence-electron chi connectivity index (χ0n) is 12.1. The highest BCUT2D eigenvalue weighted by Crippen LogP contribution is 2.36. The third-order valence-corrected chi connectivity index (χ3v) is 3.94. The summed E-state index contributed by atoms with van der Waals surface area (Å²) < 4.78 is 25.5. The summed E-state index contributed by atoms with van der Waals surface area (Å²) in [7, 11) is -0.645. The number of hydrogen-bond donors (Lipinski definition) is 1. The molecular formula is C14H18BFO4. The minimum Gasteiger partial charge on any atom is -0.481 e. The summed E-state index contributed by atoms with van der Waals surface area (Å²) in [4.78, 5) is 10.6. The Balaban J connectivity index is 2.24. The Labute approximate surface area is 118 Å². The van der Waals surface area contributed by atoms with Gasteiger partial charge in [0.1, 0.15) is 5.82 Å². The van der Waals surface area contributed by atoms with Gasteiger partial charge in [-0.2, -0.15) is 0 Å². The topological polar surface area (TPSA) is 55.8 Å². The number of carbonyl (C=O) groups is 1. The molecule has 0 aromatic heterocycles. The summed E-state index contributed by atoms with van der Waals surface area (Å²) >= 11 is 0. The molecule has 0 spiro atoms. The van der Waals surface area contributed by atoms with Crippen molar-refractivity contribution in [2.75, 3.05) is 0 Å². The molecular weight excluding hydrogens is 262 g/mol. The number of carboxylic acids is 1. The fourth-order valence-corrected chi connectivity index (χ4v) is 2.00. The molecule has 0 atom stereocenters. The molecule has 0 saturated carbocycles. The first kappa shape index (κ1) is 15.0. The van der Waals surface area contributed by atoms with Gasteiger partial charge in [0.15, 0.2) is 0 Å². The Kier molecular flexibility index (Phi) is 3.65. The largest absolute Gasteiger partial charge is 0.494 e. The molecule has 0 radical (unpaired) electrons. The average molecular weight is 280 g/mol. The molecule has 1 N–H and O–H groups in total. The molecule has 20 heavy (non-hydrogen) atoms. The first-order chi connectivity index (χ1) is 9.12. The van der Waals surface area contributed by atoms with Gasteiger partial charge >= 0.3 is 13.1 Å². The van der Waals surface area contributed by atoms with Crippen LogP contribution >= 0.6 is 0 Å². The maximum absolute atomic E-state index is 13.9. The van der Waals surface area contributed by atoms with E-state index in [0.29, 0.717) is 5.46 Å². The second-order valence-corrected chi connectivity index (χ2v) is 6.01. The molecule has 0 unspecified atom stereocenters. The maximum atomic E-state index is 13.9. The van der Waals surface area contributed by atoms with Gasteiger partial charge in [0.05, 0.1) is 17.6 Å². The minimum atomic E-state index is -1.06. The molecule has 1 aliphatic heterocycles. The summed E-state index contributed by atoms with van der Waals surface area (Å²) in [5, 5.41) is 8.69. The van der Waals surface area contributed by atoms with Gasteiger partial charge in [-0.15, -0.1) is 0 Å². The molecule has 108 valence electrons. The highest BCUT2D eigenvalue weighted by atomic mass is 19.1. The van der Waals surface area contributed by atoms with E-state index in [2.05, 4.69) is 0 Å². The van der Waals surface area contributed by atoms with Crippen molar-refractivity contribution in [1.29, 1.82) is 0 Å². The fraction of sp³-hybridized carbons (Fsp3) is 0.500. The Hall–Kier alpha value is -1.40. The quantitative estimate of drug-likeness (QED) is 0.857. The Morgan fingerprint density at radius 3 is 2.25 bits per heavy atom. The monoisotopic (exact) mass is 280 g/mol. The van der Waals surface area contributed by atoms with E-state index in [1.54, 1.807) is 6.07 Å². The van der Waals surface area contributed by atoms with Crippen molar-refractivity contribution in [2.45, 2.75) is 45.3 Å². The molecule has 0 aliphatic carbocycles. The van der Waals surface area contributed by atoms with Crippen LogP contribution in [0.15, 0.2) is 18.2 Å². The van der Waals surface area contributed by atoms with Crippen LogP contribution in [0.4, 0.5) is 4.39 Å². The van der Waals surface area contributed by atoms with Crippen LogP contribution in [-0.2, 0) is 20.5 Å². The highest BCUT2D eigenvalue weighted by Gasteiger charge is 2.51. The van der Waals surface area contributed by atoms with Crippen molar-refractivity contribution < 1.29 is 23.6 Å². The zero-order chi connectivity index (χ0) is 15.1. The van der Waals surface area contributed by atoms with E-state index in [-0.39, 0.29) is 12.0 Å². The molecule has 0 amide bonds. The molecule has 1 aromatic carbocycles. The lowest BCUT2D eigenvalue weighted by Gasteiger charge is -2.32. The number of hydrogen-bond acceptors (Lipinski definition) is 3. The number of carboxylic acid groups (broad SMARTS) is 1. The van der Waals surface area contributed by atoms with Crippen molar-refractivity contribution in [3.8, 4) is 0 Å². The van der Waals surface area contributed by atoms with Crippen LogP contribution in [0.2, 0.25) is 0 Å². The average Bonchev–Trinajstić information content (AvgIpc) is 2.50. The molecule has 1 heterocycles. The van der Waals surface area contributed by atoms with Crippen LogP contribution in [0.25, 0.3) is 0 Å². The predicted molar refractivity (Wildman–Crippen MR) is 73.5 cm³/mol. The van der Waals surface area contributed by atoms with Crippen LogP contribution in [-0.4, -0.2) is 29.4 Å². The Morgan fingerprint density at radius 2 is 1.80 bits per heavy atom. The number of benzene rings is 1. The standard InChI is InChI=1S/C14H18BFO4/c1-13(2)14(3,4)20-15(19-13)10-6-5-9(7-12(17)18)11(16)8-10/h5-6,8H,7H2,1-4H3,(H,17,18). The van der Waals surface area contributed by atoms with E-state index in [9.17, 15) is 9.18 Å². The SMILES string of the molecule is CC1(C)OB(c2ccc(CC(=O)O)c(F)c2)OC1(C)C. The first-order valence-electron chi connectivity index (χ1n) is 6.48. The lowest BCUT2D eigenvalue weighted by Crippen LogP contribution is -2.41. The van der Waals surface area contributed by atoms with Crippen molar-refractivity contribution in [3.63, 3.8) is 0 Å². The number of rotatable bonds is 3. The van der Waals surface area contributed by atoms with E-state index >= 15 is 0 Å². The first-order valence-corrected chi connectivity index (χ1v) is 6.48. The zero-order valence-corrected chi connectivity index (χ0v) is 12.1. The Morgan fingerprint density at radius 1 is 1.25 bits per heavy atom. The molecule has 6 heteroatoms. The molecule has 4 nitrogen and oxygen atoms in total. The third-order valence-electron chi connectivity index (χ3n) is 3.94. The van der Waals surface area contributed by atoms with Crippen LogP contribution < -0.4 is 5.46 Å². The van der Waals surface area contributed by atoms with Crippen LogP contribution in [0.5, 0.6) is 0 Å². The summed E-state index contributed by atoms with van der Waals surface area (Å²) in [5.41, 5.74) is -0.282. The minimum absolute atomic E-state index is 0.151. The maximum Gasteiger partial charge on any atom is 0.494 e. The lowest BCUT2D eigenvalue weighted by atomic mass is 9.78. The molecule has 1 aromatic rings. The van der Waals surface area contributed by atoms with Gasteiger partial charge in [-0.05, 0) is 44.8 Å². The molecule has 1 saturated heterocycles. The third kappa shape index (κ3) is 2.71. The summed E-state index contributed by atoms with van der Waals surface area (Å²) in [6.45, 7) is 7.68. The van der Waals surface area contributed by atoms with Crippen LogP contribution in [0, 0.1) is 5.82 Å². The van der Waals surface area contributed by atoms with E-state index < -0.39 is 30.1 Å². The number of halogens is 1. The second kappa shape index (κ2) is 4.86. The van der Waals surface area contributed by atoms with E-state index in [1.165, 1.54) is 12.1 Å². The normalized spacial score (nSPS) is 20.1. The fourth-order valence-electron chi connectivity index (χ4n) is 2.00. The van der Waals surface area contributed by atoms with Gasteiger partial charge in [0, 0.05) is 0 Å². The molecule has 1 aliphatic rings. The smallest absolute Gasteiger partial charge is 0.481 e. The Bertz CT molecular complexity index is 526. The van der Waals surface area contributed by atoms with Crippen LogP contribution in [0.3, 0.4) is 0 Å². The van der Waals surface area contributed by atoms with E-state index in [4.69, 9.17) is 14.4 Å². The van der Waals surface area contributed by atoms with Crippen LogP contribution in [0.1, 0.15) is 33.3 Å². The van der Waals surface area contributed by atoms with Gasteiger partial charge < -0.3 is 14.4 Å². The summed E-state index contributed by atoms with van der Waals surface area (Å²) in [6.07, 6.45) is -0.338. The summed E-state index contributed by atoms with van der Waals surface area (Å²) in [5.74, 6) is -1.62. The van der Waals surface area contributed by atoms with Crippen molar-refractivity contribution >= 4 is 18.6 Å². The predicted octanol–water partition coefficient (Wildman–Crippen LogP) is 1.75. The van der Waals surface area contributed by atoms with Gasteiger partial charge in [0.25, 0.3) is 0 Å². The van der Waals surface area contributed by atoms with E-state index in [1.807, 2.05) is 27.7 Å². The van der Waals surface area contributed by atoms with E-state index in [0.717, 1.165) is 0 Å². The van der Waals surface area contributed by atoms with Crippen molar-refractivity contribution in [3.05, 3.63) is 29.6 Å². The number of aliphatic carboxylic acids is 1. The van der Waals surface area contributed by atoms with Gasteiger partial charge in [-0.3, -0.25) is 4.79 Å². The molecule has 1 fully saturated rings. The van der Waals surface area contributed by atoms with Gasteiger partial charge in [-0.1, -0.05) is 12.1 Å². The lowest BCUT2D eigenvalue weighted by molar-refractivity contribution is -0.136. The summed E-state index contributed by atoms with van der Waals surface area (Å²) in [6, 6.07) is 4.38. The van der Waals surface area contributed by atoms with Gasteiger partial charge in [-0.25, -0.2) is 4.39 Å². The molecule has 2 rings (SSSR count). The highest BCUT2D eigenvalue weighted by molar-refractivity contribution is 6.62.